The van der Waals surface area contributed by atoms with E-state index in [0.29, 0.717) is 5.69 Å². The summed E-state index contributed by atoms with van der Waals surface area (Å²) in [6.07, 6.45) is 1.85. The third-order valence-electron chi connectivity index (χ3n) is 4.59. The average molecular weight is 377 g/mol. The SMILES string of the molecule is CCCN(CCC)C(=O)c1cc(-c2ccccc2)nn1-c1ccc(OC)cc1. The summed E-state index contributed by atoms with van der Waals surface area (Å²) in [7, 11) is 1.64. The molecule has 28 heavy (non-hydrogen) atoms. The van der Waals surface area contributed by atoms with Gasteiger partial charge in [-0.1, -0.05) is 44.2 Å². The van der Waals surface area contributed by atoms with Crippen molar-refractivity contribution in [3.05, 3.63) is 66.4 Å². The van der Waals surface area contributed by atoms with Gasteiger partial charge in [-0.15, -0.1) is 0 Å². The molecule has 0 spiro atoms. The van der Waals surface area contributed by atoms with Gasteiger partial charge in [0, 0.05) is 18.7 Å². The predicted molar refractivity (Wildman–Crippen MR) is 112 cm³/mol. The van der Waals surface area contributed by atoms with Crippen LogP contribution in [0.4, 0.5) is 0 Å². The maximum absolute atomic E-state index is 13.3. The highest BCUT2D eigenvalue weighted by Crippen LogP contribution is 2.24. The van der Waals surface area contributed by atoms with Gasteiger partial charge in [0.05, 0.1) is 18.5 Å². The molecule has 0 aliphatic rings. The van der Waals surface area contributed by atoms with E-state index in [1.807, 2.05) is 65.6 Å². The van der Waals surface area contributed by atoms with Crippen molar-refractivity contribution < 1.29 is 9.53 Å². The van der Waals surface area contributed by atoms with E-state index in [1.165, 1.54) is 0 Å². The molecule has 0 atom stereocenters. The Morgan fingerprint density at radius 3 is 2.21 bits per heavy atom. The Morgan fingerprint density at radius 1 is 1.00 bits per heavy atom. The number of nitrogens with zero attached hydrogens (tertiary/aromatic N) is 3. The lowest BCUT2D eigenvalue weighted by Crippen LogP contribution is -2.33. The van der Waals surface area contributed by atoms with E-state index in [1.54, 1.807) is 11.8 Å². The molecule has 0 radical (unpaired) electrons. The normalized spacial score (nSPS) is 10.7. The standard InChI is InChI=1S/C23H27N3O2/c1-4-15-25(16-5-2)23(27)22-17-21(18-9-7-6-8-10-18)24-26(22)19-11-13-20(28-3)14-12-19/h6-14,17H,4-5,15-16H2,1-3H3. The summed E-state index contributed by atoms with van der Waals surface area (Å²) in [6.45, 7) is 5.65. The van der Waals surface area contributed by atoms with Crippen molar-refractivity contribution in [3.8, 4) is 22.7 Å². The smallest absolute Gasteiger partial charge is 0.272 e. The Morgan fingerprint density at radius 2 is 1.64 bits per heavy atom. The second kappa shape index (κ2) is 9.22. The van der Waals surface area contributed by atoms with Crippen LogP contribution in [-0.4, -0.2) is 40.8 Å². The second-order valence-electron chi connectivity index (χ2n) is 6.68. The molecular weight excluding hydrogens is 350 g/mol. The number of amides is 1. The van der Waals surface area contributed by atoms with Crippen LogP contribution in [0, 0.1) is 0 Å². The van der Waals surface area contributed by atoms with Crippen LogP contribution in [0.2, 0.25) is 0 Å². The van der Waals surface area contributed by atoms with Crippen LogP contribution in [0.15, 0.2) is 60.7 Å². The monoisotopic (exact) mass is 377 g/mol. The molecule has 0 saturated carbocycles. The van der Waals surface area contributed by atoms with E-state index >= 15 is 0 Å². The number of benzene rings is 2. The molecule has 0 aliphatic heterocycles. The Hall–Kier alpha value is -3.08. The zero-order valence-corrected chi connectivity index (χ0v) is 16.8. The van der Waals surface area contributed by atoms with Gasteiger partial charge in [0.15, 0.2) is 0 Å². The Bertz CT molecular complexity index is 895. The van der Waals surface area contributed by atoms with Gasteiger partial charge in [0.2, 0.25) is 0 Å². The minimum Gasteiger partial charge on any atom is -0.497 e. The summed E-state index contributed by atoms with van der Waals surface area (Å²) in [5.74, 6) is 0.778. The molecule has 0 N–H and O–H groups in total. The topological polar surface area (TPSA) is 47.4 Å². The molecule has 2 aromatic carbocycles. The highest BCUT2D eigenvalue weighted by Gasteiger charge is 2.22. The van der Waals surface area contributed by atoms with Gasteiger partial charge in [-0.25, -0.2) is 4.68 Å². The Balaban J connectivity index is 2.07. The van der Waals surface area contributed by atoms with Gasteiger partial charge < -0.3 is 9.64 Å². The molecule has 0 bridgehead atoms. The van der Waals surface area contributed by atoms with E-state index in [0.717, 1.165) is 48.6 Å². The maximum atomic E-state index is 13.3. The molecule has 5 heteroatoms. The zero-order chi connectivity index (χ0) is 19.9. The Kier molecular flexibility index (Phi) is 6.48. The van der Waals surface area contributed by atoms with Crippen molar-refractivity contribution >= 4 is 5.91 Å². The lowest BCUT2D eigenvalue weighted by molar-refractivity contribution is 0.0746. The second-order valence-corrected chi connectivity index (χ2v) is 6.68. The van der Waals surface area contributed by atoms with E-state index in [9.17, 15) is 4.79 Å². The van der Waals surface area contributed by atoms with Crippen molar-refractivity contribution in [1.29, 1.82) is 0 Å². The summed E-state index contributed by atoms with van der Waals surface area (Å²) in [4.78, 5) is 15.2. The van der Waals surface area contributed by atoms with Gasteiger partial charge in [0.1, 0.15) is 11.4 Å². The van der Waals surface area contributed by atoms with Crippen LogP contribution in [0.25, 0.3) is 16.9 Å². The molecule has 5 nitrogen and oxygen atoms in total. The summed E-state index contributed by atoms with van der Waals surface area (Å²) in [5, 5.41) is 4.76. The first-order chi connectivity index (χ1) is 13.7. The van der Waals surface area contributed by atoms with Crippen molar-refractivity contribution in [3.63, 3.8) is 0 Å². The van der Waals surface area contributed by atoms with Crippen LogP contribution in [0.1, 0.15) is 37.2 Å². The highest BCUT2D eigenvalue weighted by molar-refractivity contribution is 5.94. The van der Waals surface area contributed by atoms with Crippen molar-refractivity contribution in [2.75, 3.05) is 20.2 Å². The molecule has 1 heterocycles. The number of carbonyl (C=O) groups excluding carboxylic acids is 1. The van der Waals surface area contributed by atoms with Gasteiger partial charge in [-0.2, -0.15) is 5.10 Å². The number of aromatic nitrogens is 2. The molecular formula is C23H27N3O2. The molecule has 0 unspecified atom stereocenters. The first-order valence-corrected chi connectivity index (χ1v) is 9.77. The summed E-state index contributed by atoms with van der Waals surface area (Å²) in [5.41, 5.74) is 3.18. The highest BCUT2D eigenvalue weighted by atomic mass is 16.5. The van der Waals surface area contributed by atoms with Crippen LogP contribution < -0.4 is 4.74 Å². The third-order valence-corrected chi connectivity index (χ3v) is 4.59. The molecule has 1 aromatic heterocycles. The minimum absolute atomic E-state index is 0.00852. The van der Waals surface area contributed by atoms with Crippen molar-refractivity contribution in [2.45, 2.75) is 26.7 Å². The number of hydrogen-bond acceptors (Lipinski definition) is 3. The fourth-order valence-corrected chi connectivity index (χ4v) is 3.22. The lowest BCUT2D eigenvalue weighted by atomic mass is 10.1. The molecule has 3 rings (SSSR count). The molecule has 1 amide bonds. The number of rotatable bonds is 8. The zero-order valence-electron chi connectivity index (χ0n) is 16.8. The summed E-state index contributed by atoms with van der Waals surface area (Å²) < 4.78 is 6.99. The van der Waals surface area contributed by atoms with E-state index in [-0.39, 0.29) is 5.91 Å². The fourth-order valence-electron chi connectivity index (χ4n) is 3.22. The fraction of sp³-hybridized carbons (Fsp3) is 0.304. The van der Waals surface area contributed by atoms with E-state index in [2.05, 4.69) is 13.8 Å². The lowest BCUT2D eigenvalue weighted by Gasteiger charge is -2.21. The third kappa shape index (κ3) is 4.25. The molecule has 3 aromatic rings. The van der Waals surface area contributed by atoms with Crippen molar-refractivity contribution in [2.24, 2.45) is 0 Å². The van der Waals surface area contributed by atoms with Gasteiger partial charge in [-0.05, 0) is 43.2 Å². The van der Waals surface area contributed by atoms with Gasteiger partial charge in [-0.3, -0.25) is 4.79 Å². The molecule has 0 aliphatic carbocycles. The predicted octanol–water partition coefficient (Wildman–Crippen LogP) is 4.81. The Labute approximate surface area is 166 Å². The van der Waals surface area contributed by atoms with Crippen molar-refractivity contribution in [1.82, 2.24) is 14.7 Å². The minimum atomic E-state index is 0.00852. The molecule has 146 valence electrons. The number of ether oxygens (including phenoxy) is 1. The number of methoxy groups -OCH3 is 1. The quantitative estimate of drug-likeness (QED) is 0.566. The first-order valence-electron chi connectivity index (χ1n) is 9.77. The van der Waals surface area contributed by atoms with E-state index < -0.39 is 0 Å². The van der Waals surface area contributed by atoms with Gasteiger partial charge >= 0.3 is 0 Å². The van der Waals surface area contributed by atoms with Gasteiger partial charge in [0.25, 0.3) is 5.91 Å². The number of hydrogen-bond donors (Lipinski definition) is 0. The summed E-state index contributed by atoms with van der Waals surface area (Å²) in [6, 6.07) is 19.4. The van der Waals surface area contributed by atoms with Crippen LogP contribution >= 0.6 is 0 Å². The molecule has 0 fully saturated rings. The summed E-state index contributed by atoms with van der Waals surface area (Å²) >= 11 is 0. The largest absolute Gasteiger partial charge is 0.497 e. The number of carbonyl (C=O) groups is 1. The van der Waals surface area contributed by atoms with Crippen LogP contribution in [-0.2, 0) is 0 Å². The molecule has 0 saturated heterocycles. The van der Waals surface area contributed by atoms with E-state index in [4.69, 9.17) is 9.84 Å². The van der Waals surface area contributed by atoms with Crippen LogP contribution in [0.5, 0.6) is 5.75 Å². The van der Waals surface area contributed by atoms with Crippen LogP contribution in [0.3, 0.4) is 0 Å². The maximum Gasteiger partial charge on any atom is 0.272 e. The first kappa shape index (κ1) is 19.7. The average Bonchev–Trinajstić information content (AvgIpc) is 3.19.